The van der Waals surface area contributed by atoms with Gasteiger partial charge >= 0.3 is 0 Å². The molecule has 0 bridgehead atoms. The predicted octanol–water partition coefficient (Wildman–Crippen LogP) is 1.49. The lowest BCUT2D eigenvalue weighted by atomic mass is 10.2. The van der Waals surface area contributed by atoms with Crippen LogP contribution in [0.2, 0.25) is 5.02 Å². The van der Waals surface area contributed by atoms with Gasteiger partial charge in [-0.25, -0.2) is 4.39 Å². The molecule has 2 N–H and O–H groups in total. The molecule has 0 atom stereocenters. The van der Waals surface area contributed by atoms with Gasteiger partial charge in [-0.1, -0.05) is 11.6 Å². The van der Waals surface area contributed by atoms with Crippen LogP contribution in [-0.4, -0.2) is 24.4 Å². The average molecular weight is 271 g/mol. The van der Waals surface area contributed by atoms with Crippen molar-refractivity contribution in [2.24, 2.45) is 0 Å². The normalized spacial score (nSPS) is 14.1. The Kier molecular flexibility index (Phi) is 3.81. The van der Waals surface area contributed by atoms with Gasteiger partial charge in [0, 0.05) is 11.1 Å². The zero-order chi connectivity index (χ0) is 13.1. The first-order chi connectivity index (χ1) is 8.56. The summed E-state index contributed by atoms with van der Waals surface area (Å²) in [6, 6.07) is 3.93. The molecule has 1 saturated carbocycles. The van der Waals surface area contributed by atoms with Gasteiger partial charge in [0.05, 0.1) is 12.1 Å². The lowest BCUT2D eigenvalue weighted by Crippen LogP contribution is -2.38. The van der Waals surface area contributed by atoms with Gasteiger partial charge in [-0.05, 0) is 31.0 Å². The Hall–Kier alpha value is -1.62. The number of hydrogen-bond acceptors (Lipinski definition) is 2. The summed E-state index contributed by atoms with van der Waals surface area (Å²) in [7, 11) is 0. The van der Waals surface area contributed by atoms with Crippen molar-refractivity contribution in [2.75, 3.05) is 6.54 Å². The maximum atomic E-state index is 13.3. The Labute approximate surface area is 109 Å². The van der Waals surface area contributed by atoms with E-state index < -0.39 is 11.7 Å². The Morgan fingerprint density at radius 2 is 2.11 bits per heavy atom. The molecule has 1 aromatic carbocycles. The van der Waals surface area contributed by atoms with E-state index in [1.165, 1.54) is 12.1 Å². The summed E-state index contributed by atoms with van der Waals surface area (Å²) in [6.45, 7) is -0.165. The number of hydrogen-bond donors (Lipinski definition) is 2. The average Bonchev–Trinajstić information content (AvgIpc) is 3.13. The maximum absolute atomic E-state index is 13.3. The molecule has 1 aliphatic rings. The first kappa shape index (κ1) is 12.8. The number of benzene rings is 1. The second-order valence-corrected chi connectivity index (χ2v) is 4.59. The highest BCUT2D eigenvalue weighted by atomic mass is 35.5. The summed E-state index contributed by atoms with van der Waals surface area (Å²) < 4.78 is 13.3. The van der Waals surface area contributed by atoms with Gasteiger partial charge in [-0.3, -0.25) is 9.59 Å². The quantitative estimate of drug-likeness (QED) is 0.871. The van der Waals surface area contributed by atoms with Crippen molar-refractivity contribution in [3.05, 3.63) is 34.6 Å². The molecule has 0 unspecified atom stereocenters. The van der Waals surface area contributed by atoms with E-state index in [4.69, 9.17) is 11.6 Å². The summed E-state index contributed by atoms with van der Waals surface area (Å²) in [4.78, 5) is 23.0. The van der Waals surface area contributed by atoms with Crippen molar-refractivity contribution >= 4 is 23.4 Å². The molecule has 4 nitrogen and oxygen atoms in total. The zero-order valence-corrected chi connectivity index (χ0v) is 10.3. The first-order valence-corrected chi connectivity index (χ1v) is 5.96. The summed E-state index contributed by atoms with van der Waals surface area (Å²) in [5, 5.41) is 5.33. The van der Waals surface area contributed by atoms with E-state index in [1.807, 2.05) is 0 Å². The molecule has 2 amide bonds. The molecule has 0 saturated heterocycles. The van der Waals surface area contributed by atoms with Gasteiger partial charge in [0.1, 0.15) is 5.82 Å². The minimum Gasteiger partial charge on any atom is -0.352 e. The van der Waals surface area contributed by atoms with E-state index in [0.717, 1.165) is 18.9 Å². The summed E-state index contributed by atoms with van der Waals surface area (Å²) in [6.07, 6.45) is 1.95. The number of rotatable bonds is 4. The number of carbonyl (C=O) groups is 2. The highest BCUT2D eigenvalue weighted by molar-refractivity contribution is 6.31. The molecule has 0 heterocycles. The highest BCUT2D eigenvalue weighted by Crippen LogP contribution is 2.18. The van der Waals surface area contributed by atoms with Crippen molar-refractivity contribution in [2.45, 2.75) is 18.9 Å². The first-order valence-electron chi connectivity index (χ1n) is 5.59. The fraction of sp³-hybridized carbons (Fsp3) is 0.333. The van der Waals surface area contributed by atoms with Crippen molar-refractivity contribution in [1.82, 2.24) is 10.6 Å². The minimum absolute atomic E-state index is 0.165. The lowest BCUT2D eigenvalue weighted by molar-refractivity contribution is -0.120. The standard InChI is InChI=1S/C12H12ClFN2O2/c13-7-1-4-10(14)9(5-7)12(18)15-6-11(17)16-8-2-3-8/h1,4-5,8H,2-3,6H2,(H,15,18)(H,16,17). The molecule has 1 aromatic rings. The van der Waals surface area contributed by atoms with Gasteiger partial charge in [-0.2, -0.15) is 0 Å². The van der Waals surface area contributed by atoms with Gasteiger partial charge in [0.25, 0.3) is 5.91 Å². The third-order valence-electron chi connectivity index (χ3n) is 2.52. The van der Waals surface area contributed by atoms with Crippen molar-refractivity contribution in [3.8, 4) is 0 Å². The fourth-order valence-electron chi connectivity index (χ4n) is 1.43. The number of nitrogens with one attached hydrogen (secondary N) is 2. The number of halogens is 2. The smallest absolute Gasteiger partial charge is 0.254 e. The second-order valence-electron chi connectivity index (χ2n) is 4.15. The molecular formula is C12H12ClFN2O2. The molecule has 6 heteroatoms. The minimum atomic E-state index is -0.667. The molecule has 1 fully saturated rings. The maximum Gasteiger partial charge on any atom is 0.254 e. The van der Waals surface area contributed by atoms with E-state index in [1.54, 1.807) is 0 Å². The Bertz CT molecular complexity index is 489. The van der Waals surface area contributed by atoms with E-state index in [9.17, 15) is 14.0 Å². The topological polar surface area (TPSA) is 58.2 Å². The molecule has 0 spiro atoms. The van der Waals surface area contributed by atoms with Crippen LogP contribution >= 0.6 is 11.6 Å². The van der Waals surface area contributed by atoms with Crippen LogP contribution in [0.4, 0.5) is 4.39 Å². The number of carbonyl (C=O) groups excluding carboxylic acids is 2. The van der Waals surface area contributed by atoms with Gasteiger partial charge < -0.3 is 10.6 Å². The largest absolute Gasteiger partial charge is 0.352 e. The van der Waals surface area contributed by atoms with Gasteiger partial charge in [0.2, 0.25) is 5.91 Å². The van der Waals surface area contributed by atoms with E-state index in [-0.39, 0.29) is 29.1 Å². The molecule has 1 aliphatic carbocycles. The van der Waals surface area contributed by atoms with Crippen LogP contribution < -0.4 is 10.6 Å². The monoisotopic (exact) mass is 270 g/mol. The van der Waals surface area contributed by atoms with Crippen LogP contribution in [0.3, 0.4) is 0 Å². The van der Waals surface area contributed by atoms with Crippen LogP contribution in [0.1, 0.15) is 23.2 Å². The van der Waals surface area contributed by atoms with Crippen molar-refractivity contribution < 1.29 is 14.0 Å². The number of amides is 2. The van der Waals surface area contributed by atoms with E-state index in [0.29, 0.717) is 0 Å². The van der Waals surface area contributed by atoms with Gasteiger partial charge in [-0.15, -0.1) is 0 Å². The predicted molar refractivity (Wildman–Crippen MR) is 64.9 cm³/mol. The molecule has 0 radical (unpaired) electrons. The highest BCUT2D eigenvalue weighted by Gasteiger charge is 2.23. The van der Waals surface area contributed by atoms with Crippen LogP contribution in [0, 0.1) is 5.82 Å². The fourth-order valence-corrected chi connectivity index (χ4v) is 1.61. The van der Waals surface area contributed by atoms with Crippen molar-refractivity contribution in [3.63, 3.8) is 0 Å². The third kappa shape index (κ3) is 3.43. The van der Waals surface area contributed by atoms with E-state index >= 15 is 0 Å². The van der Waals surface area contributed by atoms with Crippen molar-refractivity contribution in [1.29, 1.82) is 0 Å². The molecule has 0 aromatic heterocycles. The van der Waals surface area contributed by atoms with Gasteiger partial charge in [0.15, 0.2) is 0 Å². The molecular weight excluding hydrogens is 259 g/mol. The van der Waals surface area contributed by atoms with Crippen LogP contribution in [-0.2, 0) is 4.79 Å². The molecule has 18 heavy (non-hydrogen) atoms. The third-order valence-corrected chi connectivity index (χ3v) is 2.76. The van der Waals surface area contributed by atoms with E-state index in [2.05, 4.69) is 10.6 Å². The zero-order valence-electron chi connectivity index (χ0n) is 9.50. The van der Waals surface area contributed by atoms with Crippen LogP contribution in [0.15, 0.2) is 18.2 Å². The molecule has 96 valence electrons. The lowest BCUT2D eigenvalue weighted by Gasteiger charge is -2.07. The van der Waals surface area contributed by atoms with Crippen LogP contribution in [0.25, 0.3) is 0 Å². The Morgan fingerprint density at radius 3 is 2.78 bits per heavy atom. The summed E-state index contributed by atoms with van der Waals surface area (Å²) in [5.41, 5.74) is -0.165. The summed E-state index contributed by atoms with van der Waals surface area (Å²) >= 11 is 5.67. The molecule has 0 aliphatic heterocycles. The Balaban J connectivity index is 1.90. The SMILES string of the molecule is O=C(CNC(=O)c1cc(Cl)ccc1F)NC1CC1. The van der Waals surface area contributed by atoms with Crippen LogP contribution in [0.5, 0.6) is 0 Å². The molecule has 2 rings (SSSR count). The summed E-state index contributed by atoms with van der Waals surface area (Å²) in [5.74, 6) is -1.59. The Morgan fingerprint density at radius 1 is 1.39 bits per heavy atom. The second kappa shape index (κ2) is 5.35.